The molecular weight excluding hydrogens is 785 g/mol. The number of ketones is 2. The topological polar surface area (TPSA) is 207 Å². The van der Waals surface area contributed by atoms with Crippen LogP contribution in [0.15, 0.2) is 140 Å². The van der Waals surface area contributed by atoms with E-state index in [2.05, 4.69) is 20.3 Å². The second-order valence-electron chi connectivity index (χ2n) is 15.4. The molecular formula is C48H50N8O6. The second kappa shape index (κ2) is 19.9. The highest BCUT2D eigenvalue weighted by molar-refractivity contribution is 6.09. The molecule has 2 aliphatic rings. The minimum absolute atomic E-state index is 0.0143. The minimum atomic E-state index is -0.272. The van der Waals surface area contributed by atoms with E-state index in [1.54, 1.807) is 30.3 Å². The molecule has 2 aliphatic heterocycles. The van der Waals surface area contributed by atoms with Crippen molar-refractivity contribution >= 4 is 41.2 Å². The molecule has 8 rings (SSSR count). The van der Waals surface area contributed by atoms with Gasteiger partial charge in [0.1, 0.15) is 0 Å². The lowest BCUT2D eigenvalue weighted by atomic mass is 9.94. The molecule has 0 saturated carbocycles. The maximum atomic E-state index is 12.8. The van der Waals surface area contributed by atoms with Crippen LogP contribution >= 0.6 is 0 Å². The predicted molar refractivity (Wildman–Crippen MR) is 236 cm³/mol. The molecule has 5 N–H and O–H groups in total. The molecule has 2 unspecified atom stereocenters. The number of piperidine rings is 2. The van der Waals surface area contributed by atoms with E-state index in [4.69, 9.17) is 20.5 Å². The summed E-state index contributed by atoms with van der Waals surface area (Å²) in [5.41, 5.74) is 17.9. The summed E-state index contributed by atoms with van der Waals surface area (Å²) in [6.45, 7) is 5.88. The number of likely N-dealkylation sites (tertiary alicyclic amines) is 2. The van der Waals surface area contributed by atoms with Crippen LogP contribution in [0.2, 0.25) is 0 Å². The molecule has 1 amide bonds. The van der Waals surface area contributed by atoms with Gasteiger partial charge in [-0.05, 0) is 48.9 Å². The highest BCUT2D eigenvalue weighted by Gasteiger charge is 2.23. The SMILES string of the molecule is CC(c1cccc(C(=O)c2ccccc2)c1)c1cc(N=C(N)N2CCC(O)CC2)on1.CC(c1cccc(C(=O)c2ccccc2)c1)c1cc(N=C(N)N2CCCCC2=O)on1. The molecule has 6 aromatic rings. The van der Waals surface area contributed by atoms with Crippen molar-refractivity contribution in [1.82, 2.24) is 20.1 Å². The maximum Gasteiger partial charge on any atom is 0.253 e. The number of nitrogens with zero attached hydrogens (tertiary/aromatic N) is 6. The normalized spacial score (nSPS) is 16.0. The van der Waals surface area contributed by atoms with Crippen molar-refractivity contribution in [3.8, 4) is 0 Å². The van der Waals surface area contributed by atoms with Crippen LogP contribution in [-0.4, -0.2) is 80.4 Å². The minimum Gasteiger partial charge on any atom is -0.393 e. The van der Waals surface area contributed by atoms with Crippen LogP contribution in [-0.2, 0) is 4.79 Å². The quantitative estimate of drug-likeness (QED) is 0.0701. The largest absolute Gasteiger partial charge is 0.393 e. The Morgan fingerprint density at radius 1 is 0.645 bits per heavy atom. The van der Waals surface area contributed by atoms with E-state index in [0.29, 0.717) is 84.4 Å². The zero-order valence-corrected chi connectivity index (χ0v) is 34.8. The summed E-state index contributed by atoms with van der Waals surface area (Å²) in [4.78, 5) is 49.5. The van der Waals surface area contributed by atoms with Crippen LogP contribution in [0.1, 0.15) is 112 Å². The van der Waals surface area contributed by atoms with Crippen molar-refractivity contribution in [1.29, 1.82) is 0 Å². The first-order valence-electron chi connectivity index (χ1n) is 20.8. The van der Waals surface area contributed by atoms with Gasteiger partial charge in [0.25, 0.3) is 11.8 Å². The summed E-state index contributed by atoms with van der Waals surface area (Å²) < 4.78 is 10.7. The van der Waals surface area contributed by atoms with Crippen molar-refractivity contribution in [2.24, 2.45) is 21.5 Å². The molecule has 62 heavy (non-hydrogen) atoms. The Labute approximate surface area is 359 Å². The highest BCUT2D eigenvalue weighted by Crippen LogP contribution is 2.29. The molecule has 2 atom stereocenters. The molecule has 0 spiro atoms. The fourth-order valence-electron chi connectivity index (χ4n) is 7.32. The second-order valence-corrected chi connectivity index (χ2v) is 15.4. The van der Waals surface area contributed by atoms with E-state index in [0.717, 1.165) is 24.0 Å². The number of hydrogen-bond acceptors (Lipinski definition) is 10. The molecule has 2 saturated heterocycles. The number of benzene rings is 4. The Morgan fingerprint density at radius 3 is 1.60 bits per heavy atom. The van der Waals surface area contributed by atoms with Gasteiger partial charge in [-0.2, -0.15) is 9.98 Å². The van der Waals surface area contributed by atoms with Gasteiger partial charge < -0.3 is 30.5 Å². The van der Waals surface area contributed by atoms with Crippen LogP contribution < -0.4 is 11.5 Å². The number of carbonyl (C=O) groups excluding carboxylic acids is 3. The van der Waals surface area contributed by atoms with E-state index in [1.807, 2.05) is 110 Å². The zero-order valence-electron chi connectivity index (χ0n) is 34.8. The molecule has 0 aliphatic carbocycles. The van der Waals surface area contributed by atoms with Gasteiger partial charge in [0.2, 0.25) is 11.9 Å². The Hall–Kier alpha value is -7.19. The third-order valence-electron chi connectivity index (χ3n) is 11.1. The Balaban J connectivity index is 0.000000186. The van der Waals surface area contributed by atoms with E-state index < -0.39 is 0 Å². The van der Waals surface area contributed by atoms with Crippen LogP contribution in [0.25, 0.3) is 0 Å². The highest BCUT2D eigenvalue weighted by atomic mass is 16.5. The standard InChI is InChI=1S/C24H24N4O3.C24H26N4O3/c1-16(18-10-7-11-19(14-18)23(30)17-8-3-2-4-9-17)20-15-21(31-27-20)26-24(25)28-13-6-5-12-22(28)29;1-16(18-8-5-9-19(14-18)23(30)17-6-3-2-4-7-17)21-15-22(31-27-21)26-24(25)28-12-10-20(29)11-13-28/h2-4,7-11,14-16H,5-6,12-13H2,1H3,(H2,25,26);2-9,14-16,20,29H,10-13H2,1H3,(H2,25,26). The van der Waals surface area contributed by atoms with Crippen LogP contribution in [0.3, 0.4) is 0 Å². The summed E-state index contributed by atoms with van der Waals surface area (Å²) in [5, 5.41) is 17.9. The first kappa shape index (κ1) is 42.9. The fraction of sp³-hybridized carbons (Fsp3) is 0.271. The Bertz CT molecular complexity index is 2540. The third-order valence-corrected chi connectivity index (χ3v) is 11.1. The number of hydrogen-bond donors (Lipinski definition) is 3. The number of carbonyl (C=O) groups is 3. The van der Waals surface area contributed by atoms with E-state index in [9.17, 15) is 19.5 Å². The number of aliphatic imine (C=N–C) groups is 2. The monoisotopic (exact) mass is 834 g/mol. The number of guanidine groups is 2. The molecule has 4 heterocycles. The molecule has 2 fully saturated rings. The predicted octanol–water partition coefficient (Wildman–Crippen LogP) is 7.48. The summed E-state index contributed by atoms with van der Waals surface area (Å²) in [6.07, 6.45) is 3.33. The smallest absolute Gasteiger partial charge is 0.253 e. The van der Waals surface area contributed by atoms with Crippen LogP contribution in [0, 0.1) is 0 Å². The number of nitrogens with two attached hydrogens (primary N) is 2. The number of aliphatic hydroxyl groups is 1. The summed E-state index contributed by atoms with van der Waals surface area (Å²) in [5.74, 6) is 0.792. The molecule has 4 aromatic carbocycles. The lowest BCUT2D eigenvalue weighted by Crippen LogP contribution is -2.44. The van der Waals surface area contributed by atoms with Crippen molar-refractivity contribution in [2.75, 3.05) is 19.6 Å². The lowest BCUT2D eigenvalue weighted by molar-refractivity contribution is -0.129. The maximum absolute atomic E-state index is 12.8. The summed E-state index contributed by atoms with van der Waals surface area (Å²) in [7, 11) is 0. The van der Waals surface area contributed by atoms with Crippen LogP contribution in [0.5, 0.6) is 0 Å². The van der Waals surface area contributed by atoms with Gasteiger partial charge in [-0.1, -0.05) is 121 Å². The Kier molecular flexibility index (Phi) is 13.8. The fourth-order valence-corrected chi connectivity index (χ4v) is 7.32. The van der Waals surface area contributed by atoms with Crippen molar-refractivity contribution < 1.29 is 28.5 Å². The number of rotatable bonds is 10. The molecule has 0 bridgehead atoms. The van der Waals surface area contributed by atoms with Gasteiger partial charge in [-0.3, -0.25) is 19.3 Å². The van der Waals surface area contributed by atoms with Crippen LogP contribution in [0.4, 0.5) is 11.8 Å². The van der Waals surface area contributed by atoms with Crippen molar-refractivity contribution in [2.45, 2.75) is 63.9 Å². The van der Waals surface area contributed by atoms with Crippen molar-refractivity contribution in [3.05, 3.63) is 166 Å². The number of aromatic nitrogens is 2. The third kappa shape index (κ3) is 10.6. The first-order chi connectivity index (χ1) is 30.0. The average molecular weight is 835 g/mol. The summed E-state index contributed by atoms with van der Waals surface area (Å²) >= 11 is 0. The van der Waals surface area contributed by atoms with E-state index >= 15 is 0 Å². The van der Waals surface area contributed by atoms with Gasteiger partial charge in [-0.25, -0.2) is 0 Å². The number of aliphatic hydroxyl groups excluding tert-OH is 1. The van der Waals surface area contributed by atoms with Gasteiger partial charge in [-0.15, -0.1) is 0 Å². The van der Waals surface area contributed by atoms with E-state index in [-0.39, 0.29) is 47.3 Å². The van der Waals surface area contributed by atoms with Gasteiger partial charge in [0.15, 0.2) is 17.5 Å². The molecule has 0 radical (unpaired) electrons. The molecule has 14 heteroatoms. The molecule has 2 aromatic heterocycles. The zero-order chi connectivity index (χ0) is 43.6. The number of amides is 1. The first-order valence-corrected chi connectivity index (χ1v) is 20.8. The molecule has 14 nitrogen and oxygen atoms in total. The average Bonchev–Trinajstić information content (AvgIpc) is 3.99. The summed E-state index contributed by atoms with van der Waals surface area (Å²) in [6, 6.07) is 36.9. The van der Waals surface area contributed by atoms with Gasteiger partial charge >= 0.3 is 0 Å². The van der Waals surface area contributed by atoms with Gasteiger partial charge in [0.05, 0.1) is 17.5 Å². The Morgan fingerprint density at radius 2 is 1.11 bits per heavy atom. The van der Waals surface area contributed by atoms with Crippen molar-refractivity contribution in [3.63, 3.8) is 0 Å². The van der Waals surface area contributed by atoms with Gasteiger partial charge in [0, 0.05) is 72.3 Å². The lowest BCUT2D eigenvalue weighted by Gasteiger charge is -2.29. The molecule has 318 valence electrons. The van der Waals surface area contributed by atoms with E-state index in [1.165, 1.54) is 4.90 Å².